The summed E-state index contributed by atoms with van der Waals surface area (Å²) in [6.07, 6.45) is 0. The van der Waals surface area contributed by atoms with E-state index in [2.05, 4.69) is 20.3 Å². The van der Waals surface area contributed by atoms with Crippen LogP contribution in [0.1, 0.15) is 25.5 Å². The predicted octanol–water partition coefficient (Wildman–Crippen LogP) is 1.56. The van der Waals surface area contributed by atoms with Crippen molar-refractivity contribution in [2.45, 2.75) is 27.7 Å². The third-order valence-corrected chi connectivity index (χ3v) is 1.08. The van der Waals surface area contributed by atoms with Crippen LogP contribution in [-0.4, -0.2) is 22.0 Å². The van der Waals surface area contributed by atoms with Crippen molar-refractivity contribution in [1.29, 1.82) is 0 Å². The Kier molecular flexibility index (Phi) is 4.92. The summed E-state index contributed by atoms with van der Waals surface area (Å²) in [5.74, 6) is 2.12. The van der Waals surface area contributed by atoms with Crippen molar-refractivity contribution in [2.24, 2.45) is 0 Å². The van der Waals surface area contributed by atoms with Crippen molar-refractivity contribution in [1.82, 2.24) is 15.0 Å². The molecule has 0 unspecified atom stereocenters. The molecule has 0 saturated heterocycles. The Morgan fingerprint density at radius 2 is 1.33 bits per heavy atom. The first kappa shape index (κ1) is 10.8. The third kappa shape index (κ3) is 3.27. The smallest absolute Gasteiger partial charge is 0.225 e. The molecular weight excluding hydrogens is 152 g/mol. The van der Waals surface area contributed by atoms with Crippen molar-refractivity contribution in [3.8, 4) is 0 Å². The summed E-state index contributed by atoms with van der Waals surface area (Å²) in [5, 5.41) is 2.85. The molecule has 0 aromatic carbocycles. The molecule has 0 atom stereocenters. The number of anilines is 1. The molecule has 1 aromatic heterocycles. The van der Waals surface area contributed by atoms with E-state index in [0.717, 1.165) is 11.6 Å². The fourth-order valence-corrected chi connectivity index (χ4v) is 0.727. The van der Waals surface area contributed by atoms with Gasteiger partial charge in [-0.2, -0.15) is 9.97 Å². The van der Waals surface area contributed by atoms with E-state index in [1.54, 1.807) is 7.05 Å². The maximum atomic E-state index is 4.02. The minimum atomic E-state index is 0.630. The van der Waals surface area contributed by atoms with E-state index in [-0.39, 0.29) is 0 Å². The highest BCUT2D eigenvalue weighted by atomic mass is 15.1. The molecule has 1 N–H and O–H groups in total. The highest BCUT2D eigenvalue weighted by molar-refractivity contribution is 5.21. The number of nitrogens with one attached hydrogen (secondary N) is 1. The van der Waals surface area contributed by atoms with Crippen LogP contribution in [0.5, 0.6) is 0 Å². The lowest BCUT2D eigenvalue weighted by molar-refractivity contribution is 0.924. The Balaban J connectivity index is 0.000000561. The van der Waals surface area contributed by atoms with Gasteiger partial charge in [0, 0.05) is 7.05 Å². The van der Waals surface area contributed by atoms with Crippen LogP contribution in [0.3, 0.4) is 0 Å². The van der Waals surface area contributed by atoms with Crippen molar-refractivity contribution in [3.63, 3.8) is 0 Å². The molecular formula is C8H16N4. The van der Waals surface area contributed by atoms with Gasteiger partial charge in [-0.3, -0.25) is 0 Å². The van der Waals surface area contributed by atoms with Gasteiger partial charge in [0.1, 0.15) is 11.6 Å². The molecule has 0 spiro atoms. The number of hydrogen-bond donors (Lipinski definition) is 1. The monoisotopic (exact) mass is 168 g/mol. The predicted molar refractivity (Wildman–Crippen MR) is 50.2 cm³/mol. The molecule has 4 nitrogen and oxygen atoms in total. The number of rotatable bonds is 1. The quantitative estimate of drug-likeness (QED) is 0.691. The summed E-state index contributed by atoms with van der Waals surface area (Å²) >= 11 is 0. The zero-order valence-corrected chi connectivity index (χ0v) is 8.34. The molecule has 4 heteroatoms. The van der Waals surface area contributed by atoms with Crippen molar-refractivity contribution in [3.05, 3.63) is 11.6 Å². The van der Waals surface area contributed by atoms with E-state index in [9.17, 15) is 0 Å². The van der Waals surface area contributed by atoms with Crippen LogP contribution in [0.4, 0.5) is 5.95 Å². The van der Waals surface area contributed by atoms with Crippen LogP contribution < -0.4 is 5.32 Å². The highest BCUT2D eigenvalue weighted by Gasteiger charge is 1.95. The molecule has 0 fully saturated rings. The molecule has 12 heavy (non-hydrogen) atoms. The van der Waals surface area contributed by atoms with Gasteiger partial charge >= 0.3 is 0 Å². The van der Waals surface area contributed by atoms with Gasteiger partial charge in [-0.05, 0) is 13.8 Å². The summed E-state index contributed by atoms with van der Waals surface area (Å²) in [5.41, 5.74) is 0. The Morgan fingerprint density at radius 1 is 0.917 bits per heavy atom. The zero-order chi connectivity index (χ0) is 9.56. The fourth-order valence-electron chi connectivity index (χ4n) is 0.727. The third-order valence-electron chi connectivity index (χ3n) is 1.08. The number of aryl methyl sites for hydroxylation is 2. The van der Waals surface area contributed by atoms with Gasteiger partial charge in [0.25, 0.3) is 0 Å². The number of aromatic nitrogens is 3. The van der Waals surface area contributed by atoms with Gasteiger partial charge in [0.2, 0.25) is 5.95 Å². The fraction of sp³-hybridized carbons (Fsp3) is 0.625. The molecule has 1 aromatic rings. The van der Waals surface area contributed by atoms with Crippen LogP contribution in [0.15, 0.2) is 0 Å². The van der Waals surface area contributed by atoms with Crippen LogP contribution in [0.2, 0.25) is 0 Å². The van der Waals surface area contributed by atoms with Gasteiger partial charge in [-0.15, -0.1) is 0 Å². The van der Waals surface area contributed by atoms with Crippen LogP contribution in [0.25, 0.3) is 0 Å². The van der Waals surface area contributed by atoms with Gasteiger partial charge in [-0.1, -0.05) is 13.8 Å². The van der Waals surface area contributed by atoms with E-state index >= 15 is 0 Å². The van der Waals surface area contributed by atoms with E-state index in [4.69, 9.17) is 0 Å². The second-order valence-electron chi connectivity index (χ2n) is 2.00. The van der Waals surface area contributed by atoms with Gasteiger partial charge in [0.15, 0.2) is 0 Å². The van der Waals surface area contributed by atoms with Gasteiger partial charge in [-0.25, -0.2) is 4.98 Å². The summed E-state index contributed by atoms with van der Waals surface area (Å²) in [6, 6.07) is 0. The first-order valence-corrected chi connectivity index (χ1v) is 4.09. The lowest BCUT2D eigenvalue weighted by Gasteiger charge is -1.98. The van der Waals surface area contributed by atoms with Crippen LogP contribution >= 0.6 is 0 Å². The normalized spacial score (nSPS) is 8.42. The molecule has 0 aliphatic rings. The Labute approximate surface area is 73.5 Å². The van der Waals surface area contributed by atoms with Crippen molar-refractivity contribution >= 4 is 5.95 Å². The maximum absolute atomic E-state index is 4.02. The van der Waals surface area contributed by atoms with E-state index in [0.29, 0.717) is 5.95 Å². The second kappa shape index (κ2) is 5.46. The van der Waals surface area contributed by atoms with Gasteiger partial charge < -0.3 is 5.32 Å². The SMILES string of the molecule is CC.CNc1nc(C)nc(C)n1. The zero-order valence-electron chi connectivity index (χ0n) is 8.34. The minimum absolute atomic E-state index is 0.630. The number of hydrogen-bond acceptors (Lipinski definition) is 4. The molecule has 0 aliphatic carbocycles. The lowest BCUT2D eigenvalue weighted by atomic mass is 10.6. The molecule has 0 bridgehead atoms. The van der Waals surface area contributed by atoms with E-state index in [1.165, 1.54) is 0 Å². The summed E-state index contributed by atoms with van der Waals surface area (Å²) in [6.45, 7) is 7.69. The topological polar surface area (TPSA) is 50.7 Å². The van der Waals surface area contributed by atoms with Crippen molar-refractivity contribution in [2.75, 3.05) is 12.4 Å². The van der Waals surface area contributed by atoms with Crippen LogP contribution in [0, 0.1) is 13.8 Å². The van der Waals surface area contributed by atoms with E-state index < -0.39 is 0 Å². The Bertz CT molecular complexity index is 214. The number of nitrogens with zero attached hydrogens (tertiary/aromatic N) is 3. The first-order valence-electron chi connectivity index (χ1n) is 4.09. The molecule has 0 radical (unpaired) electrons. The molecule has 1 rings (SSSR count). The molecule has 0 aliphatic heterocycles. The second-order valence-corrected chi connectivity index (χ2v) is 2.00. The highest BCUT2D eigenvalue weighted by Crippen LogP contribution is 1.96. The summed E-state index contributed by atoms with van der Waals surface area (Å²) in [7, 11) is 1.79. The molecule has 0 amide bonds. The lowest BCUT2D eigenvalue weighted by Crippen LogP contribution is -2.01. The molecule has 1 heterocycles. The molecule has 0 saturated carbocycles. The Morgan fingerprint density at radius 3 is 1.67 bits per heavy atom. The van der Waals surface area contributed by atoms with Gasteiger partial charge in [0.05, 0.1) is 0 Å². The van der Waals surface area contributed by atoms with E-state index in [1.807, 2.05) is 27.7 Å². The standard InChI is InChI=1S/C6H10N4.C2H6/c1-4-8-5(2)10-6(7-3)9-4;1-2/h1-3H3,(H,7,8,9,10);1-2H3. The summed E-state index contributed by atoms with van der Waals surface area (Å²) < 4.78 is 0. The first-order chi connectivity index (χ1) is 5.72. The largest absolute Gasteiger partial charge is 0.357 e. The van der Waals surface area contributed by atoms with Crippen molar-refractivity contribution < 1.29 is 0 Å². The average Bonchev–Trinajstić information content (AvgIpc) is 2.06. The molecule has 68 valence electrons. The maximum Gasteiger partial charge on any atom is 0.225 e. The Hall–Kier alpha value is -1.19. The average molecular weight is 168 g/mol. The summed E-state index contributed by atoms with van der Waals surface area (Å²) in [4.78, 5) is 12.1. The van der Waals surface area contributed by atoms with Crippen LogP contribution in [-0.2, 0) is 0 Å². The minimum Gasteiger partial charge on any atom is -0.357 e.